The Morgan fingerprint density at radius 1 is 1.19 bits per heavy atom. The first-order valence-corrected chi connectivity index (χ1v) is 9.91. The van der Waals surface area contributed by atoms with E-state index in [0.29, 0.717) is 22.3 Å². The molecule has 26 heavy (non-hydrogen) atoms. The lowest BCUT2D eigenvalue weighted by Gasteiger charge is -2.13. The summed E-state index contributed by atoms with van der Waals surface area (Å²) < 4.78 is 27.1. The summed E-state index contributed by atoms with van der Waals surface area (Å²) in [6, 6.07) is 4.66. The predicted octanol–water partition coefficient (Wildman–Crippen LogP) is 2.06. The van der Waals surface area contributed by atoms with Crippen molar-refractivity contribution in [1.29, 1.82) is 0 Å². The fraction of sp³-hybridized carbons (Fsp3) is 0.143. The fourth-order valence-electron chi connectivity index (χ4n) is 2.07. The van der Waals surface area contributed by atoms with Crippen molar-refractivity contribution in [3.63, 3.8) is 0 Å². The minimum Gasteiger partial charge on any atom is -0.275 e. The van der Waals surface area contributed by atoms with Crippen LogP contribution in [0.5, 0.6) is 0 Å². The normalized spacial score (nSPS) is 15.0. The lowest BCUT2D eigenvalue weighted by atomic mass is 10.2. The van der Waals surface area contributed by atoms with Gasteiger partial charge < -0.3 is 0 Å². The van der Waals surface area contributed by atoms with Crippen LogP contribution in [0.3, 0.4) is 0 Å². The number of aliphatic imine (C=N–C) groups is 1. The summed E-state index contributed by atoms with van der Waals surface area (Å²) in [5.41, 5.74) is 0.661. The lowest BCUT2D eigenvalue weighted by Crippen LogP contribution is -2.30. The largest absolute Gasteiger partial charge is 0.325 e. The van der Waals surface area contributed by atoms with Gasteiger partial charge in [0, 0.05) is 24.7 Å². The Bertz CT molecular complexity index is 1080. The van der Waals surface area contributed by atoms with E-state index in [-0.39, 0.29) is 21.6 Å². The highest BCUT2D eigenvalue weighted by Crippen LogP contribution is 2.32. The molecule has 0 bridgehead atoms. The second kappa shape index (κ2) is 6.78. The second-order valence-corrected chi connectivity index (χ2v) is 9.10. The van der Waals surface area contributed by atoms with Crippen LogP contribution in [0.1, 0.15) is 5.82 Å². The van der Waals surface area contributed by atoms with Gasteiger partial charge >= 0.3 is 16.1 Å². The highest BCUT2D eigenvalue weighted by atomic mass is 35.5. The zero-order valence-electron chi connectivity index (χ0n) is 13.3. The maximum absolute atomic E-state index is 12.6. The minimum absolute atomic E-state index is 0.0956. The molecule has 0 aliphatic carbocycles. The molecule has 0 atom stereocenters. The van der Waals surface area contributed by atoms with Crippen molar-refractivity contribution in [2.75, 3.05) is 14.1 Å². The number of hydrogen-bond donors (Lipinski definition) is 0. The van der Waals surface area contributed by atoms with E-state index in [1.165, 1.54) is 26.4 Å². The van der Waals surface area contributed by atoms with Crippen LogP contribution in [0.15, 0.2) is 29.4 Å². The van der Waals surface area contributed by atoms with Crippen LogP contribution >= 0.6 is 35.0 Å². The molecule has 0 saturated carbocycles. The molecule has 0 unspecified atom stereocenters. The van der Waals surface area contributed by atoms with Gasteiger partial charge in [0.2, 0.25) is 0 Å². The maximum Gasteiger partial charge on any atom is 0.325 e. The maximum atomic E-state index is 12.6. The molecule has 0 N–H and O–H groups in total. The zero-order chi connectivity index (χ0) is 19.2. The van der Waals surface area contributed by atoms with Crippen molar-refractivity contribution >= 4 is 61.2 Å². The van der Waals surface area contributed by atoms with Gasteiger partial charge in [-0.1, -0.05) is 23.2 Å². The summed E-state index contributed by atoms with van der Waals surface area (Å²) in [6.45, 7) is 0. The smallest absolute Gasteiger partial charge is 0.275 e. The van der Waals surface area contributed by atoms with E-state index in [0.717, 1.165) is 8.28 Å². The first-order chi connectivity index (χ1) is 12.1. The number of hydrogen-bond acceptors (Lipinski definition) is 6. The molecule has 0 saturated heterocycles. The Labute approximate surface area is 163 Å². The van der Waals surface area contributed by atoms with Gasteiger partial charge in [0.25, 0.3) is 5.12 Å². The van der Waals surface area contributed by atoms with Gasteiger partial charge in [0.15, 0.2) is 10.9 Å². The van der Waals surface area contributed by atoms with E-state index >= 15 is 0 Å². The number of carbonyl (C=O) groups is 2. The molecule has 0 radical (unpaired) electrons. The Hall–Kier alpha value is -1.72. The average molecular weight is 433 g/mol. The van der Waals surface area contributed by atoms with Gasteiger partial charge in [0.1, 0.15) is 0 Å². The summed E-state index contributed by atoms with van der Waals surface area (Å²) >= 11 is 12.6. The molecule has 3 rings (SSSR count). The summed E-state index contributed by atoms with van der Waals surface area (Å²) in [7, 11) is -1.30. The van der Waals surface area contributed by atoms with E-state index < -0.39 is 21.2 Å². The standard InChI is InChI=1S/C14H10Cl2N4O4S2/c1-19(2)26(23,24)20-6-10(8-4-3-7(15)5-9(8)16)17-11(20)13-18-12(21)14(22)25-13/h3-6H,1-2H3. The molecule has 1 aliphatic rings. The second-order valence-electron chi connectivity index (χ2n) is 5.27. The molecule has 1 aromatic carbocycles. The van der Waals surface area contributed by atoms with Crippen LogP contribution in [0.25, 0.3) is 11.3 Å². The number of benzene rings is 1. The molecule has 2 aromatic rings. The van der Waals surface area contributed by atoms with Gasteiger partial charge in [-0.3, -0.25) is 9.59 Å². The molecule has 1 aliphatic heterocycles. The first kappa shape index (κ1) is 19.1. The van der Waals surface area contributed by atoms with Crippen molar-refractivity contribution in [2.45, 2.75) is 0 Å². The molecule has 0 fully saturated rings. The van der Waals surface area contributed by atoms with Crippen LogP contribution in [0.4, 0.5) is 0 Å². The van der Waals surface area contributed by atoms with Gasteiger partial charge in [-0.15, -0.1) is 0 Å². The number of nitrogens with zero attached hydrogens (tertiary/aromatic N) is 4. The van der Waals surface area contributed by atoms with E-state index in [1.807, 2.05) is 0 Å². The number of rotatable bonds is 4. The third-order valence-corrected chi connectivity index (χ3v) is 6.42. The molecule has 2 heterocycles. The number of amides is 1. The van der Waals surface area contributed by atoms with Gasteiger partial charge in [-0.05, 0) is 30.0 Å². The monoisotopic (exact) mass is 432 g/mol. The van der Waals surface area contributed by atoms with Crippen LogP contribution in [0, 0.1) is 0 Å². The Balaban J connectivity index is 2.23. The summed E-state index contributed by atoms with van der Waals surface area (Å²) in [5.74, 6) is -1.11. The van der Waals surface area contributed by atoms with Crippen molar-refractivity contribution in [2.24, 2.45) is 4.99 Å². The molecule has 1 aromatic heterocycles. The number of carbonyl (C=O) groups excluding carboxylic acids is 2. The van der Waals surface area contributed by atoms with E-state index in [2.05, 4.69) is 9.98 Å². The Morgan fingerprint density at radius 2 is 1.88 bits per heavy atom. The first-order valence-electron chi connectivity index (χ1n) is 6.94. The van der Waals surface area contributed by atoms with Gasteiger partial charge in [0.05, 0.1) is 16.9 Å². The number of halogens is 2. The summed E-state index contributed by atoms with van der Waals surface area (Å²) in [4.78, 5) is 30.7. The van der Waals surface area contributed by atoms with Crippen molar-refractivity contribution in [1.82, 2.24) is 13.3 Å². The zero-order valence-corrected chi connectivity index (χ0v) is 16.4. The van der Waals surface area contributed by atoms with Crippen molar-refractivity contribution < 1.29 is 18.0 Å². The molecule has 136 valence electrons. The summed E-state index contributed by atoms with van der Waals surface area (Å²) in [6.07, 6.45) is 1.25. The minimum atomic E-state index is -3.99. The number of aromatic nitrogens is 2. The van der Waals surface area contributed by atoms with E-state index in [4.69, 9.17) is 23.2 Å². The SMILES string of the molecule is CN(C)S(=O)(=O)n1cc(-c2ccc(Cl)cc2Cl)nc1C1=NC(=O)C(=O)S1. The third kappa shape index (κ3) is 3.30. The van der Waals surface area contributed by atoms with Gasteiger partial charge in [-0.2, -0.15) is 17.7 Å². The van der Waals surface area contributed by atoms with Crippen LogP contribution in [-0.4, -0.2) is 51.8 Å². The predicted molar refractivity (Wildman–Crippen MR) is 99.8 cm³/mol. The molecule has 8 nitrogen and oxygen atoms in total. The fourth-order valence-corrected chi connectivity index (χ4v) is 4.24. The van der Waals surface area contributed by atoms with Crippen molar-refractivity contribution in [3.8, 4) is 11.3 Å². The number of thioether (sulfide) groups is 1. The third-order valence-electron chi connectivity index (χ3n) is 3.35. The molecular formula is C14H10Cl2N4O4S2. The number of imidazole rings is 1. The van der Waals surface area contributed by atoms with Gasteiger partial charge in [-0.25, -0.2) is 8.96 Å². The van der Waals surface area contributed by atoms with E-state index in [1.54, 1.807) is 12.1 Å². The van der Waals surface area contributed by atoms with Crippen LogP contribution in [0.2, 0.25) is 10.0 Å². The highest BCUT2D eigenvalue weighted by Gasteiger charge is 2.33. The van der Waals surface area contributed by atoms with Crippen molar-refractivity contribution in [3.05, 3.63) is 40.3 Å². The molecule has 12 heteroatoms. The molecule has 0 spiro atoms. The highest BCUT2D eigenvalue weighted by molar-refractivity contribution is 8.29. The van der Waals surface area contributed by atoms with Crippen LogP contribution in [-0.2, 0) is 19.8 Å². The quantitative estimate of drug-likeness (QED) is 0.685. The average Bonchev–Trinajstić information content (AvgIpc) is 3.12. The Kier molecular flexibility index (Phi) is 4.97. The topological polar surface area (TPSA) is 102 Å². The molecular weight excluding hydrogens is 423 g/mol. The molecule has 1 amide bonds. The lowest BCUT2D eigenvalue weighted by molar-refractivity contribution is -0.130. The summed E-state index contributed by atoms with van der Waals surface area (Å²) in [5, 5.41) is -0.222. The van der Waals surface area contributed by atoms with Crippen LogP contribution < -0.4 is 0 Å². The Morgan fingerprint density at radius 3 is 2.42 bits per heavy atom. The van der Waals surface area contributed by atoms with E-state index in [9.17, 15) is 18.0 Å².